The Labute approximate surface area is 231 Å². The summed E-state index contributed by atoms with van der Waals surface area (Å²) >= 11 is 0. The fraction of sp³-hybridized carbons (Fsp3) is 0.393. The van der Waals surface area contributed by atoms with Crippen molar-refractivity contribution in [1.82, 2.24) is 10.3 Å². The van der Waals surface area contributed by atoms with Crippen molar-refractivity contribution in [1.29, 1.82) is 0 Å². The molecule has 39 heavy (non-hydrogen) atoms. The van der Waals surface area contributed by atoms with Crippen LogP contribution in [0.5, 0.6) is 0 Å². The number of amides is 2. The van der Waals surface area contributed by atoms with Crippen LogP contribution in [0, 0.1) is 0 Å². The highest BCUT2D eigenvalue weighted by Crippen LogP contribution is 2.29. The van der Waals surface area contributed by atoms with E-state index < -0.39 is 23.4 Å². The third-order valence-electron chi connectivity index (χ3n) is 6.11. The molecule has 1 atom stereocenters. The molecular weight excluding hydrogens is 533 g/mol. The summed E-state index contributed by atoms with van der Waals surface area (Å²) in [4.78, 5) is 31.3. The van der Waals surface area contributed by atoms with Gasteiger partial charge in [-0.05, 0) is 81.6 Å². The summed E-state index contributed by atoms with van der Waals surface area (Å²) in [6.45, 7) is 6.86. The van der Waals surface area contributed by atoms with Gasteiger partial charge in [0.2, 0.25) is 5.91 Å². The molecule has 2 N–H and O–H groups in total. The minimum Gasteiger partial charge on any atom is -0.444 e. The van der Waals surface area contributed by atoms with Gasteiger partial charge < -0.3 is 20.3 Å². The average Bonchev–Trinajstić information content (AvgIpc) is 3.29. The lowest BCUT2D eigenvalue weighted by Gasteiger charge is -2.22. The number of fused-ring (bicyclic) bond motifs is 1. The standard InChI is InChI=1S/C28H31F3N4O3.ClH/c1-27(2,3)38-26(37)33-22-14-15-35(17-22)24-12-7-19-16-21(10-11-23(19)34-24)32-25(36)13-6-18-4-8-20(9-5-18)28(29,30)31;/h4-5,7-12,16,22H,6,13-15,17H2,1-3H3,(H,32,36)(H,33,37);1H. The summed E-state index contributed by atoms with van der Waals surface area (Å²) < 4.78 is 43.4. The Morgan fingerprint density at radius 3 is 2.44 bits per heavy atom. The van der Waals surface area contributed by atoms with Gasteiger partial charge in [-0.2, -0.15) is 13.2 Å². The van der Waals surface area contributed by atoms with E-state index in [2.05, 4.69) is 15.5 Å². The van der Waals surface area contributed by atoms with Gasteiger partial charge in [0.15, 0.2) is 0 Å². The zero-order valence-electron chi connectivity index (χ0n) is 22.0. The number of hydrogen-bond donors (Lipinski definition) is 2. The van der Waals surface area contributed by atoms with Crippen molar-refractivity contribution in [2.24, 2.45) is 0 Å². The van der Waals surface area contributed by atoms with Crippen molar-refractivity contribution >= 4 is 46.8 Å². The maximum Gasteiger partial charge on any atom is 0.416 e. The molecule has 0 radical (unpaired) electrons. The SMILES string of the molecule is CC(C)(C)OC(=O)NC1CCN(c2ccc3cc(NC(=O)CCc4ccc(C(F)(F)F)cc4)ccc3n2)C1.Cl. The molecule has 0 saturated carbocycles. The molecule has 2 amide bonds. The largest absolute Gasteiger partial charge is 0.444 e. The fourth-order valence-corrected chi connectivity index (χ4v) is 4.27. The van der Waals surface area contributed by atoms with E-state index in [-0.39, 0.29) is 30.8 Å². The highest BCUT2D eigenvalue weighted by molar-refractivity contribution is 5.94. The highest BCUT2D eigenvalue weighted by atomic mass is 35.5. The van der Waals surface area contributed by atoms with Crippen molar-refractivity contribution in [2.45, 2.75) is 57.9 Å². The van der Waals surface area contributed by atoms with Crippen LogP contribution in [0.3, 0.4) is 0 Å². The molecule has 0 spiro atoms. The van der Waals surface area contributed by atoms with E-state index in [0.717, 1.165) is 41.8 Å². The first-order valence-electron chi connectivity index (χ1n) is 12.5. The van der Waals surface area contributed by atoms with Gasteiger partial charge in [-0.3, -0.25) is 4.79 Å². The molecule has 1 aromatic heterocycles. The molecule has 2 heterocycles. The van der Waals surface area contributed by atoms with Crippen LogP contribution in [0.1, 0.15) is 44.7 Å². The summed E-state index contributed by atoms with van der Waals surface area (Å²) in [5.41, 5.74) is 0.794. The Bertz CT molecular complexity index is 1310. The molecule has 1 saturated heterocycles. The number of nitrogens with one attached hydrogen (secondary N) is 2. The average molecular weight is 565 g/mol. The number of carbonyl (C=O) groups is 2. The Morgan fingerprint density at radius 2 is 1.77 bits per heavy atom. The number of carbonyl (C=O) groups excluding carboxylic acids is 2. The quantitative estimate of drug-likeness (QED) is 0.364. The Hall–Kier alpha value is -3.53. The van der Waals surface area contributed by atoms with Gasteiger partial charge in [0.05, 0.1) is 17.1 Å². The third-order valence-corrected chi connectivity index (χ3v) is 6.11. The van der Waals surface area contributed by atoms with E-state index >= 15 is 0 Å². The number of aromatic nitrogens is 1. The molecule has 1 fully saturated rings. The molecule has 210 valence electrons. The van der Waals surface area contributed by atoms with Gasteiger partial charge >= 0.3 is 12.3 Å². The topological polar surface area (TPSA) is 83.6 Å². The van der Waals surface area contributed by atoms with Gasteiger partial charge in [-0.25, -0.2) is 9.78 Å². The van der Waals surface area contributed by atoms with Crippen LogP contribution in [0.15, 0.2) is 54.6 Å². The highest BCUT2D eigenvalue weighted by Gasteiger charge is 2.30. The predicted octanol–water partition coefficient (Wildman–Crippen LogP) is 6.35. The van der Waals surface area contributed by atoms with Crippen LogP contribution >= 0.6 is 12.4 Å². The number of pyridine rings is 1. The zero-order valence-corrected chi connectivity index (χ0v) is 22.8. The monoisotopic (exact) mass is 564 g/mol. The van der Waals surface area contributed by atoms with Gasteiger partial charge in [-0.1, -0.05) is 12.1 Å². The minimum atomic E-state index is -4.38. The molecule has 2 aromatic carbocycles. The van der Waals surface area contributed by atoms with E-state index in [1.54, 1.807) is 6.07 Å². The molecule has 1 aliphatic rings. The van der Waals surface area contributed by atoms with Crippen molar-refractivity contribution in [3.8, 4) is 0 Å². The molecule has 3 aromatic rings. The number of ether oxygens (including phenoxy) is 1. The van der Waals surface area contributed by atoms with Crippen LogP contribution in [-0.4, -0.2) is 41.7 Å². The normalized spacial score (nSPS) is 15.5. The maximum absolute atomic E-state index is 12.7. The number of rotatable bonds is 6. The number of benzene rings is 2. The minimum absolute atomic E-state index is 0. The van der Waals surface area contributed by atoms with Gasteiger partial charge in [0, 0.05) is 30.6 Å². The smallest absolute Gasteiger partial charge is 0.416 e. The lowest BCUT2D eigenvalue weighted by molar-refractivity contribution is -0.137. The van der Waals surface area contributed by atoms with Crippen molar-refractivity contribution < 1.29 is 27.5 Å². The lowest BCUT2D eigenvalue weighted by Crippen LogP contribution is -2.40. The predicted molar refractivity (Wildman–Crippen MR) is 147 cm³/mol. The second kappa shape index (κ2) is 12.1. The first-order chi connectivity index (χ1) is 17.9. The van der Waals surface area contributed by atoms with E-state index in [4.69, 9.17) is 9.72 Å². The number of alkyl halides is 3. The van der Waals surface area contributed by atoms with Gasteiger partial charge in [-0.15, -0.1) is 12.4 Å². The van der Waals surface area contributed by atoms with Gasteiger partial charge in [0.1, 0.15) is 11.4 Å². The van der Waals surface area contributed by atoms with Crippen LogP contribution < -0.4 is 15.5 Å². The number of alkyl carbamates (subject to hydrolysis) is 1. The van der Waals surface area contributed by atoms with E-state index in [9.17, 15) is 22.8 Å². The maximum atomic E-state index is 12.7. The van der Waals surface area contributed by atoms with Gasteiger partial charge in [0.25, 0.3) is 0 Å². The first-order valence-corrected chi connectivity index (χ1v) is 12.5. The number of nitrogens with zero attached hydrogens (tertiary/aromatic N) is 2. The number of hydrogen-bond acceptors (Lipinski definition) is 5. The second-order valence-corrected chi connectivity index (χ2v) is 10.4. The number of anilines is 2. The number of halogens is 4. The second-order valence-electron chi connectivity index (χ2n) is 10.4. The molecule has 0 aliphatic carbocycles. The zero-order chi connectivity index (χ0) is 27.5. The van der Waals surface area contributed by atoms with Crippen LogP contribution in [-0.2, 0) is 22.1 Å². The summed E-state index contributed by atoms with van der Waals surface area (Å²) in [6.07, 6.45) is -3.53. The summed E-state index contributed by atoms with van der Waals surface area (Å²) in [7, 11) is 0. The van der Waals surface area contributed by atoms with E-state index in [1.165, 1.54) is 12.1 Å². The van der Waals surface area contributed by atoms with E-state index in [1.807, 2.05) is 45.0 Å². The van der Waals surface area contributed by atoms with E-state index in [0.29, 0.717) is 24.2 Å². The van der Waals surface area contributed by atoms with Crippen LogP contribution in [0.25, 0.3) is 10.9 Å². The molecule has 1 aliphatic heterocycles. The molecule has 1 unspecified atom stereocenters. The third kappa shape index (κ3) is 8.48. The Morgan fingerprint density at radius 1 is 1.05 bits per heavy atom. The Kier molecular flexibility index (Phi) is 9.32. The molecule has 0 bridgehead atoms. The molecular formula is C28H32ClF3N4O3. The molecule has 11 heteroatoms. The van der Waals surface area contributed by atoms with Crippen molar-refractivity contribution in [3.05, 3.63) is 65.7 Å². The van der Waals surface area contributed by atoms with Crippen LogP contribution in [0.2, 0.25) is 0 Å². The fourth-order valence-electron chi connectivity index (χ4n) is 4.27. The summed E-state index contributed by atoms with van der Waals surface area (Å²) in [5.74, 6) is 0.578. The van der Waals surface area contributed by atoms with Crippen molar-refractivity contribution in [3.63, 3.8) is 0 Å². The molecule has 7 nitrogen and oxygen atoms in total. The lowest BCUT2D eigenvalue weighted by atomic mass is 10.1. The first kappa shape index (κ1) is 30.0. The summed E-state index contributed by atoms with van der Waals surface area (Å²) in [6, 6.07) is 14.1. The summed E-state index contributed by atoms with van der Waals surface area (Å²) in [5, 5.41) is 6.61. The molecule has 4 rings (SSSR count). The van der Waals surface area contributed by atoms with Crippen LogP contribution in [0.4, 0.5) is 29.5 Å². The Balaban J connectivity index is 0.00000420. The van der Waals surface area contributed by atoms with Crippen molar-refractivity contribution in [2.75, 3.05) is 23.3 Å². The number of aryl methyl sites for hydroxylation is 1.